The number of piperidine rings is 1. The maximum atomic E-state index is 14.1. The van der Waals surface area contributed by atoms with Crippen molar-refractivity contribution < 1.29 is 57.4 Å². The van der Waals surface area contributed by atoms with Gasteiger partial charge in [-0.15, -0.1) is 0 Å². The first-order valence-corrected chi connectivity index (χ1v) is 17.1. The number of nitrogens with zero attached hydrogens (tertiary/aromatic N) is 1. The van der Waals surface area contributed by atoms with Gasteiger partial charge in [-0.1, -0.05) is 36.4 Å². The molecule has 4 aliphatic rings. The van der Waals surface area contributed by atoms with Crippen LogP contribution >= 0.6 is 0 Å². The van der Waals surface area contributed by atoms with Gasteiger partial charge in [-0.25, -0.2) is 19.2 Å². The molecule has 6 rings (SSSR count). The lowest BCUT2D eigenvalue weighted by molar-refractivity contribution is -0.179. The molecule has 13 nitrogen and oxygen atoms in total. The average Bonchev–Trinajstić information content (AvgIpc) is 3.38. The predicted octanol–water partition coefficient (Wildman–Crippen LogP) is 5.45. The summed E-state index contributed by atoms with van der Waals surface area (Å²) in [6.45, 7) is 12.1. The van der Waals surface area contributed by atoms with Gasteiger partial charge in [0.2, 0.25) is 6.10 Å². The summed E-state index contributed by atoms with van der Waals surface area (Å²) in [6.07, 6.45) is -3.19. The summed E-state index contributed by atoms with van der Waals surface area (Å²) >= 11 is 0. The van der Waals surface area contributed by atoms with Crippen LogP contribution in [0.5, 0.6) is 11.5 Å². The largest absolute Gasteiger partial charge is 0.514 e. The van der Waals surface area contributed by atoms with Gasteiger partial charge in [-0.3, -0.25) is 0 Å². The number of likely N-dealkylation sites (tertiary alicyclic amines) is 1. The van der Waals surface area contributed by atoms with Crippen molar-refractivity contribution in [1.29, 1.82) is 0 Å². The second-order valence-corrected chi connectivity index (χ2v) is 15.5. The van der Waals surface area contributed by atoms with E-state index < -0.39 is 64.8 Å². The van der Waals surface area contributed by atoms with Gasteiger partial charge in [-0.2, -0.15) is 0 Å². The molecular formula is C38H45NO12. The Labute approximate surface area is 296 Å². The SMILES string of the molecule is C[C@H](OC(=O)OC(C)(C)C)C(=O)O[C@H](C(=O)OC1=CC[C@@]2(O)[C@@H]3Cc4ccc(OC(=O)OC(C)(C)C)c5c4[C@@]2(CCN3C)[C@H]1O5)c1ccccc1. The normalized spacial score (nSPS) is 25.9. The maximum absolute atomic E-state index is 14.1. The molecule has 6 atom stereocenters. The van der Waals surface area contributed by atoms with Gasteiger partial charge in [0.15, 0.2) is 23.7 Å². The van der Waals surface area contributed by atoms with Gasteiger partial charge in [0.25, 0.3) is 0 Å². The standard InChI is InChI=1S/C38H45NO12/c1-21(45-33(42)50-35(2,3)4)31(40)49-28(22-12-10-9-11-13-22)32(41)46-25-16-17-38(44)26-20-23-14-15-24(47-34(43)51-36(5,6)7)29-27(23)37(38,30(25)48-29)18-19-39(26)8/h9-16,21,26,28,30,44H,17-20H2,1-8H3/t21-,26-,28-,30-,37-,38+/m0/s1. The third-order valence-corrected chi connectivity index (χ3v) is 9.68. The Kier molecular flexibility index (Phi) is 9.12. The number of hydrogen-bond acceptors (Lipinski definition) is 13. The molecule has 274 valence electrons. The van der Waals surface area contributed by atoms with Gasteiger partial charge in [0, 0.05) is 23.6 Å². The fourth-order valence-electron chi connectivity index (χ4n) is 7.60. The first kappa shape index (κ1) is 36.2. The Balaban J connectivity index is 1.31. The molecule has 0 amide bonds. The molecule has 1 fully saturated rings. The second-order valence-electron chi connectivity index (χ2n) is 15.5. The van der Waals surface area contributed by atoms with E-state index in [1.54, 1.807) is 84.0 Å². The molecule has 0 unspecified atom stereocenters. The summed E-state index contributed by atoms with van der Waals surface area (Å²) in [6, 6.07) is 11.5. The number of benzene rings is 2. The van der Waals surface area contributed by atoms with Crippen molar-refractivity contribution in [2.75, 3.05) is 13.6 Å². The van der Waals surface area contributed by atoms with Crippen LogP contribution in [0.3, 0.4) is 0 Å². The third kappa shape index (κ3) is 6.64. The van der Waals surface area contributed by atoms with Crippen molar-refractivity contribution in [2.24, 2.45) is 0 Å². The van der Waals surface area contributed by atoms with Crippen LogP contribution in [0, 0.1) is 0 Å². The minimum Gasteiger partial charge on any atom is -0.477 e. The maximum Gasteiger partial charge on any atom is 0.514 e. The Morgan fingerprint density at radius 3 is 2.24 bits per heavy atom. The lowest BCUT2D eigenvalue weighted by Gasteiger charge is -2.61. The highest BCUT2D eigenvalue weighted by atomic mass is 16.7. The first-order chi connectivity index (χ1) is 23.8. The summed E-state index contributed by atoms with van der Waals surface area (Å²) in [5.41, 5.74) is -2.08. The molecule has 1 spiro atoms. The van der Waals surface area contributed by atoms with E-state index in [0.29, 0.717) is 30.5 Å². The summed E-state index contributed by atoms with van der Waals surface area (Å²) in [4.78, 5) is 54.4. The van der Waals surface area contributed by atoms with E-state index in [-0.39, 0.29) is 29.7 Å². The van der Waals surface area contributed by atoms with E-state index >= 15 is 0 Å². The minimum atomic E-state index is -1.55. The molecule has 0 aromatic heterocycles. The van der Waals surface area contributed by atoms with E-state index in [1.807, 2.05) is 13.1 Å². The zero-order valence-electron chi connectivity index (χ0n) is 30.1. The average molecular weight is 708 g/mol. The highest BCUT2D eigenvalue weighted by molar-refractivity contribution is 5.84. The second kappa shape index (κ2) is 12.9. The van der Waals surface area contributed by atoms with Crippen molar-refractivity contribution in [2.45, 2.75) is 114 Å². The summed E-state index contributed by atoms with van der Waals surface area (Å²) in [5.74, 6) is -1.42. The quantitative estimate of drug-likeness (QED) is 0.221. The number of aliphatic hydroxyl groups is 1. The summed E-state index contributed by atoms with van der Waals surface area (Å²) in [5, 5.41) is 12.6. The van der Waals surface area contributed by atoms with Crippen LogP contribution in [-0.2, 0) is 45.1 Å². The van der Waals surface area contributed by atoms with Gasteiger partial charge in [0.05, 0.1) is 11.0 Å². The van der Waals surface area contributed by atoms with E-state index in [2.05, 4.69) is 4.90 Å². The van der Waals surface area contributed by atoms with Crippen LogP contribution in [-0.4, -0.2) is 82.9 Å². The van der Waals surface area contributed by atoms with Crippen LogP contribution in [0.4, 0.5) is 9.59 Å². The number of likely N-dealkylation sites (N-methyl/N-ethyl adjacent to an activating group) is 1. The van der Waals surface area contributed by atoms with Gasteiger partial charge in [0.1, 0.15) is 17.0 Å². The van der Waals surface area contributed by atoms with Crippen molar-refractivity contribution in [1.82, 2.24) is 4.90 Å². The lowest BCUT2D eigenvalue weighted by atomic mass is 9.50. The van der Waals surface area contributed by atoms with Gasteiger partial charge in [-0.05, 0) is 92.6 Å². The predicted molar refractivity (Wildman–Crippen MR) is 180 cm³/mol. The monoisotopic (exact) mass is 707 g/mol. The molecule has 2 aliphatic carbocycles. The molecule has 51 heavy (non-hydrogen) atoms. The molecule has 2 aromatic carbocycles. The summed E-state index contributed by atoms with van der Waals surface area (Å²) < 4.78 is 39.6. The van der Waals surface area contributed by atoms with Crippen LogP contribution in [0.1, 0.15) is 84.1 Å². The Morgan fingerprint density at radius 1 is 0.902 bits per heavy atom. The van der Waals surface area contributed by atoms with E-state index in [0.717, 1.165) is 5.56 Å². The molecule has 1 saturated heterocycles. The molecule has 0 radical (unpaired) electrons. The number of hydrogen-bond donors (Lipinski definition) is 1. The smallest absolute Gasteiger partial charge is 0.477 e. The Hall–Kier alpha value is -4.62. The highest BCUT2D eigenvalue weighted by Crippen LogP contribution is 2.65. The Morgan fingerprint density at radius 2 is 1.57 bits per heavy atom. The van der Waals surface area contributed by atoms with E-state index in [9.17, 15) is 24.3 Å². The fraction of sp³-hybridized carbons (Fsp3) is 0.526. The third-order valence-electron chi connectivity index (χ3n) is 9.68. The minimum absolute atomic E-state index is 0.118. The molecule has 2 heterocycles. The molecule has 2 bridgehead atoms. The molecule has 2 aliphatic heterocycles. The van der Waals surface area contributed by atoms with E-state index in [1.165, 1.54) is 6.92 Å². The molecule has 13 heteroatoms. The molecular weight excluding hydrogens is 662 g/mol. The highest BCUT2D eigenvalue weighted by Gasteiger charge is 2.72. The number of rotatable bonds is 7. The van der Waals surface area contributed by atoms with Crippen LogP contribution < -0.4 is 9.47 Å². The van der Waals surface area contributed by atoms with Crippen LogP contribution in [0.2, 0.25) is 0 Å². The zero-order valence-corrected chi connectivity index (χ0v) is 30.1. The number of esters is 2. The van der Waals surface area contributed by atoms with Crippen molar-refractivity contribution >= 4 is 24.2 Å². The van der Waals surface area contributed by atoms with Crippen molar-refractivity contribution in [3.8, 4) is 11.5 Å². The molecule has 2 aromatic rings. The molecule has 1 N–H and O–H groups in total. The van der Waals surface area contributed by atoms with E-state index in [4.69, 9.17) is 33.2 Å². The summed E-state index contributed by atoms with van der Waals surface area (Å²) in [7, 11) is 1.97. The Bertz CT molecular complexity index is 1760. The van der Waals surface area contributed by atoms with Gasteiger partial charge >= 0.3 is 24.2 Å². The first-order valence-electron chi connectivity index (χ1n) is 17.1. The van der Waals surface area contributed by atoms with Crippen molar-refractivity contribution in [3.05, 3.63) is 71.0 Å². The van der Waals surface area contributed by atoms with Gasteiger partial charge < -0.3 is 43.2 Å². The lowest BCUT2D eigenvalue weighted by Crippen LogP contribution is -2.74. The molecule has 0 saturated carbocycles. The topological polar surface area (TPSA) is 156 Å². The number of carbonyl (C=O) groups is 4. The number of ether oxygens (including phenoxy) is 7. The van der Waals surface area contributed by atoms with Crippen LogP contribution in [0.15, 0.2) is 54.3 Å². The number of carbonyl (C=O) groups excluding carboxylic acids is 4. The fourth-order valence-corrected chi connectivity index (χ4v) is 7.60. The van der Waals surface area contributed by atoms with Crippen LogP contribution in [0.25, 0.3) is 0 Å². The zero-order chi connectivity index (χ0) is 37.1. The van der Waals surface area contributed by atoms with Crippen molar-refractivity contribution in [3.63, 3.8) is 0 Å².